The molecular weight excluding hydrogens is 190 g/mol. The van der Waals surface area contributed by atoms with E-state index >= 15 is 0 Å². The van der Waals surface area contributed by atoms with Gasteiger partial charge in [-0.3, -0.25) is 0 Å². The molecule has 0 saturated heterocycles. The van der Waals surface area contributed by atoms with E-state index in [0.29, 0.717) is 6.61 Å². The Labute approximate surface area is 91.1 Å². The molecule has 3 heteroatoms. The summed E-state index contributed by atoms with van der Waals surface area (Å²) in [4.78, 5) is 0. The second kappa shape index (κ2) is 7.40. The molecular formula is C12H19NO2. The molecule has 15 heavy (non-hydrogen) atoms. The first-order chi connectivity index (χ1) is 7.38. The minimum atomic E-state index is 0.243. The van der Waals surface area contributed by atoms with Gasteiger partial charge in [-0.1, -0.05) is 24.3 Å². The Morgan fingerprint density at radius 2 is 2.00 bits per heavy atom. The Hall–Kier alpha value is -0.900. The predicted octanol–water partition coefficient (Wildman–Crippen LogP) is 1.30. The fourth-order valence-corrected chi connectivity index (χ4v) is 1.45. The molecule has 0 saturated carbocycles. The Morgan fingerprint density at radius 3 is 2.67 bits per heavy atom. The molecule has 0 heterocycles. The van der Waals surface area contributed by atoms with Gasteiger partial charge in [-0.05, 0) is 24.1 Å². The zero-order chi connectivity index (χ0) is 10.9. The molecule has 0 bridgehead atoms. The van der Waals surface area contributed by atoms with Crippen LogP contribution in [0.3, 0.4) is 0 Å². The zero-order valence-corrected chi connectivity index (χ0v) is 9.20. The maximum atomic E-state index is 8.64. The normalized spacial score (nSPS) is 10.5. The number of hydrogen-bond donors (Lipinski definition) is 2. The standard InChI is InChI=1S/C12H19NO2/c1-15-10-12-6-3-2-5-11(12)9-13-7-4-8-14/h2-3,5-6,13-14H,4,7-10H2,1H3. The molecule has 0 unspecified atom stereocenters. The van der Waals surface area contributed by atoms with Gasteiger partial charge in [0.05, 0.1) is 6.61 Å². The SMILES string of the molecule is COCc1ccccc1CNCCCO. The maximum Gasteiger partial charge on any atom is 0.0716 e. The molecule has 0 aliphatic heterocycles. The minimum Gasteiger partial charge on any atom is -0.396 e. The number of benzene rings is 1. The molecule has 0 aliphatic carbocycles. The van der Waals surface area contributed by atoms with E-state index in [2.05, 4.69) is 17.4 Å². The summed E-state index contributed by atoms with van der Waals surface area (Å²) in [6.45, 7) is 2.57. The van der Waals surface area contributed by atoms with Crippen LogP contribution in [-0.2, 0) is 17.9 Å². The van der Waals surface area contributed by atoms with Crippen LogP contribution in [0, 0.1) is 0 Å². The topological polar surface area (TPSA) is 41.5 Å². The number of ether oxygens (including phenoxy) is 1. The number of aliphatic hydroxyl groups excluding tert-OH is 1. The van der Waals surface area contributed by atoms with Crippen LogP contribution < -0.4 is 5.32 Å². The molecule has 1 aromatic rings. The van der Waals surface area contributed by atoms with Crippen molar-refractivity contribution in [1.29, 1.82) is 0 Å². The van der Waals surface area contributed by atoms with Gasteiger partial charge in [0.15, 0.2) is 0 Å². The van der Waals surface area contributed by atoms with E-state index in [-0.39, 0.29) is 6.61 Å². The first kappa shape index (κ1) is 12.2. The van der Waals surface area contributed by atoms with Crippen molar-refractivity contribution in [2.45, 2.75) is 19.6 Å². The highest BCUT2D eigenvalue weighted by molar-refractivity contribution is 5.26. The maximum absolute atomic E-state index is 8.64. The average molecular weight is 209 g/mol. The zero-order valence-electron chi connectivity index (χ0n) is 9.20. The molecule has 2 N–H and O–H groups in total. The highest BCUT2D eigenvalue weighted by Gasteiger charge is 1.99. The lowest BCUT2D eigenvalue weighted by atomic mass is 10.1. The van der Waals surface area contributed by atoms with Gasteiger partial charge < -0.3 is 15.2 Å². The van der Waals surface area contributed by atoms with Gasteiger partial charge in [-0.2, -0.15) is 0 Å². The van der Waals surface area contributed by atoms with Gasteiger partial charge >= 0.3 is 0 Å². The summed E-state index contributed by atoms with van der Waals surface area (Å²) in [5.41, 5.74) is 2.48. The van der Waals surface area contributed by atoms with Crippen molar-refractivity contribution < 1.29 is 9.84 Å². The van der Waals surface area contributed by atoms with E-state index in [9.17, 15) is 0 Å². The van der Waals surface area contributed by atoms with E-state index in [1.54, 1.807) is 7.11 Å². The van der Waals surface area contributed by atoms with Gasteiger partial charge in [-0.15, -0.1) is 0 Å². The van der Waals surface area contributed by atoms with Crippen LogP contribution in [-0.4, -0.2) is 25.4 Å². The Bertz CT molecular complexity index is 276. The van der Waals surface area contributed by atoms with E-state index in [1.165, 1.54) is 11.1 Å². The molecule has 0 amide bonds. The summed E-state index contributed by atoms with van der Waals surface area (Å²) in [6, 6.07) is 8.22. The van der Waals surface area contributed by atoms with Crippen molar-refractivity contribution in [1.82, 2.24) is 5.32 Å². The Morgan fingerprint density at radius 1 is 1.27 bits per heavy atom. The lowest BCUT2D eigenvalue weighted by Crippen LogP contribution is -2.16. The van der Waals surface area contributed by atoms with E-state index in [0.717, 1.165) is 19.5 Å². The molecule has 3 nitrogen and oxygen atoms in total. The van der Waals surface area contributed by atoms with Gasteiger partial charge in [0.1, 0.15) is 0 Å². The summed E-state index contributed by atoms with van der Waals surface area (Å²) < 4.78 is 5.13. The second-order valence-electron chi connectivity index (χ2n) is 3.46. The van der Waals surface area contributed by atoms with Crippen molar-refractivity contribution in [2.75, 3.05) is 20.3 Å². The molecule has 0 aromatic heterocycles. The van der Waals surface area contributed by atoms with Crippen LogP contribution in [0.5, 0.6) is 0 Å². The number of aliphatic hydroxyl groups is 1. The molecule has 0 spiro atoms. The first-order valence-corrected chi connectivity index (χ1v) is 5.25. The van der Waals surface area contributed by atoms with Crippen LogP contribution in [0.4, 0.5) is 0 Å². The number of hydrogen-bond acceptors (Lipinski definition) is 3. The third-order valence-corrected chi connectivity index (χ3v) is 2.25. The molecule has 0 atom stereocenters. The number of rotatable bonds is 7. The van der Waals surface area contributed by atoms with E-state index < -0.39 is 0 Å². The van der Waals surface area contributed by atoms with Crippen molar-refractivity contribution in [2.24, 2.45) is 0 Å². The summed E-state index contributed by atoms with van der Waals surface area (Å²) in [7, 11) is 1.70. The monoisotopic (exact) mass is 209 g/mol. The molecule has 1 aromatic carbocycles. The van der Waals surface area contributed by atoms with Crippen LogP contribution in [0.25, 0.3) is 0 Å². The summed E-state index contributed by atoms with van der Waals surface area (Å²) in [5, 5.41) is 11.9. The highest BCUT2D eigenvalue weighted by Crippen LogP contribution is 2.09. The largest absolute Gasteiger partial charge is 0.396 e. The van der Waals surface area contributed by atoms with Crippen LogP contribution in [0.1, 0.15) is 17.5 Å². The quantitative estimate of drug-likeness (QED) is 0.665. The van der Waals surface area contributed by atoms with Crippen molar-refractivity contribution in [3.8, 4) is 0 Å². The van der Waals surface area contributed by atoms with Gasteiger partial charge in [0.2, 0.25) is 0 Å². The Balaban J connectivity index is 2.44. The number of nitrogens with one attached hydrogen (secondary N) is 1. The van der Waals surface area contributed by atoms with Crippen LogP contribution in [0.15, 0.2) is 24.3 Å². The minimum absolute atomic E-state index is 0.243. The number of methoxy groups -OCH3 is 1. The van der Waals surface area contributed by atoms with E-state index in [1.807, 2.05) is 12.1 Å². The lowest BCUT2D eigenvalue weighted by Gasteiger charge is -2.09. The fourth-order valence-electron chi connectivity index (χ4n) is 1.45. The van der Waals surface area contributed by atoms with E-state index in [4.69, 9.17) is 9.84 Å². The summed E-state index contributed by atoms with van der Waals surface area (Å²) in [6.07, 6.45) is 0.798. The fraction of sp³-hybridized carbons (Fsp3) is 0.500. The predicted molar refractivity (Wildman–Crippen MR) is 60.6 cm³/mol. The third kappa shape index (κ3) is 4.42. The molecule has 1 rings (SSSR count). The first-order valence-electron chi connectivity index (χ1n) is 5.25. The molecule has 0 fully saturated rings. The van der Waals surface area contributed by atoms with Gasteiger partial charge in [-0.25, -0.2) is 0 Å². The van der Waals surface area contributed by atoms with Crippen molar-refractivity contribution >= 4 is 0 Å². The van der Waals surface area contributed by atoms with Crippen LogP contribution in [0.2, 0.25) is 0 Å². The smallest absolute Gasteiger partial charge is 0.0716 e. The summed E-state index contributed by atoms with van der Waals surface area (Å²) >= 11 is 0. The highest BCUT2D eigenvalue weighted by atomic mass is 16.5. The van der Waals surface area contributed by atoms with Crippen LogP contribution >= 0.6 is 0 Å². The van der Waals surface area contributed by atoms with Crippen molar-refractivity contribution in [3.63, 3.8) is 0 Å². The molecule has 84 valence electrons. The lowest BCUT2D eigenvalue weighted by molar-refractivity contribution is 0.184. The second-order valence-corrected chi connectivity index (χ2v) is 3.46. The Kier molecular flexibility index (Phi) is 6.00. The van der Waals surface area contributed by atoms with Gasteiger partial charge in [0.25, 0.3) is 0 Å². The average Bonchev–Trinajstić information content (AvgIpc) is 2.27. The van der Waals surface area contributed by atoms with Crippen molar-refractivity contribution in [3.05, 3.63) is 35.4 Å². The molecule has 0 aliphatic rings. The molecule has 0 radical (unpaired) electrons. The summed E-state index contributed by atoms with van der Waals surface area (Å²) in [5.74, 6) is 0. The van der Waals surface area contributed by atoms with Gasteiger partial charge in [0, 0.05) is 20.3 Å². The third-order valence-electron chi connectivity index (χ3n) is 2.25.